The zero-order chi connectivity index (χ0) is 13.7. The van der Waals surface area contributed by atoms with Gasteiger partial charge in [0.05, 0.1) is 0 Å². The van der Waals surface area contributed by atoms with E-state index in [1.54, 1.807) is 0 Å². The second-order valence-corrected chi connectivity index (χ2v) is 6.44. The van der Waals surface area contributed by atoms with E-state index in [1.807, 2.05) is 17.5 Å². The van der Waals surface area contributed by atoms with Crippen LogP contribution < -0.4 is 5.32 Å². The van der Waals surface area contributed by atoms with Crippen molar-refractivity contribution >= 4 is 11.3 Å². The molecule has 0 aliphatic heterocycles. The van der Waals surface area contributed by atoms with Crippen molar-refractivity contribution in [2.45, 2.75) is 64.5 Å². The van der Waals surface area contributed by atoms with Crippen LogP contribution in [0.5, 0.6) is 0 Å². The van der Waals surface area contributed by atoms with Gasteiger partial charge in [0.1, 0.15) is 10.6 Å². The second-order valence-electron chi connectivity index (χ2n) is 5.38. The van der Waals surface area contributed by atoms with Crippen molar-refractivity contribution in [3.8, 4) is 0 Å². The average Bonchev–Trinajstić information content (AvgIpc) is 3.05. The van der Waals surface area contributed by atoms with Crippen LogP contribution in [0.25, 0.3) is 0 Å². The van der Waals surface area contributed by atoms with Gasteiger partial charge in [0, 0.05) is 23.7 Å². The van der Waals surface area contributed by atoms with Crippen molar-refractivity contribution in [1.29, 1.82) is 0 Å². The highest BCUT2D eigenvalue weighted by Gasteiger charge is 2.39. The highest BCUT2D eigenvalue weighted by atomic mass is 32.1. The lowest BCUT2D eigenvalue weighted by Crippen LogP contribution is -2.25. The second kappa shape index (κ2) is 6.82. The molecular formula is C15H26N2OS. The predicted octanol–water partition coefficient (Wildman–Crippen LogP) is 4.01. The van der Waals surface area contributed by atoms with Gasteiger partial charge in [-0.25, -0.2) is 4.98 Å². The van der Waals surface area contributed by atoms with Gasteiger partial charge in [-0.2, -0.15) is 0 Å². The quantitative estimate of drug-likeness (QED) is 0.820. The van der Waals surface area contributed by atoms with Crippen molar-refractivity contribution in [2.24, 2.45) is 0 Å². The Balaban J connectivity index is 2.10. The summed E-state index contributed by atoms with van der Waals surface area (Å²) in [6.07, 6.45) is 7.98. The normalized spacial score (nSPS) is 19.7. The molecule has 1 saturated carbocycles. The molecule has 0 aromatic carbocycles. The van der Waals surface area contributed by atoms with Crippen LogP contribution in [0.1, 0.15) is 68.8 Å². The number of aromatic nitrogens is 1. The summed E-state index contributed by atoms with van der Waals surface area (Å²) < 4.78 is 6.08. The Labute approximate surface area is 120 Å². The first-order chi connectivity index (χ1) is 9.22. The molecule has 4 heteroatoms. The first kappa shape index (κ1) is 14.9. The fourth-order valence-corrected chi connectivity index (χ4v) is 3.94. The largest absolute Gasteiger partial charge is 0.368 e. The smallest absolute Gasteiger partial charge is 0.125 e. The molecule has 1 aliphatic carbocycles. The first-order valence-corrected chi connectivity index (χ1v) is 8.37. The molecule has 1 aliphatic rings. The minimum Gasteiger partial charge on any atom is -0.368 e. The monoisotopic (exact) mass is 282 g/mol. The zero-order valence-electron chi connectivity index (χ0n) is 12.4. The summed E-state index contributed by atoms with van der Waals surface area (Å²) >= 11 is 1.83. The van der Waals surface area contributed by atoms with Crippen LogP contribution in [0.15, 0.2) is 6.20 Å². The number of thiazole rings is 1. The molecule has 1 fully saturated rings. The van der Waals surface area contributed by atoms with Gasteiger partial charge in [0.2, 0.25) is 0 Å². The van der Waals surface area contributed by atoms with Crippen molar-refractivity contribution in [1.82, 2.24) is 10.3 Å². The Morgan fingerprint density at radius 1 is 1.42 bits per heavy atom. The Kier molecular flexibility index (Phi) is 5.37. The summed E-state index contributed by atoms with van der Waals surface area (Å²) in [5.41, 5.74) is -0.0812. The number of nitrogens with zero attached hydrogens (tertiary/aromatic N) is 1. The maximum Gasteiger partial charge on any atom is 0.125 e. The van der Waals surface area contributed by atoms with Gasteiger partial charge in [-0.1, -0.05) is 19.8 Å². The number of rotatable bonds is 7. The summed E-state index contributed by atoms with van der Waals surface area (Å²) in [6, 6.07) is 0.395. The van der Waals surface area contributed by atoms with Crippen LogP contribution in [0.3, 0.4) is 0 Å². The van der Waals surface area contributed by atoms with E-state index in [4.69, 9.17) is 4.74 Å². The predicted molar refractivity (Wildman–Crippen MR) is 80.6 cm³/mol. The molecule has 1 aromatic heterocycles. The van der Waals surface area contributed by atoms with Gasteiger partial charge in [0.25, 0.3) is 0 Å². The lowest BCUT2D eigenvalue weighted by Gasteiger charge is -2.26. The maximum atomic E-state index is 6.08. The van der Waals surface area contributed by atoms with E-state index in [0.29, 0.717) is 6.04 Å². The molecule has 19 heavy (non-hydrogen) atoms. The lowest BCUT2D eigenvalue weighted by molar-refractivity contribution is -0.0391. The minimum atomic E-state index is -0.0812. The lowest BCUT2D eigenvalue weighted by atomic mass is 10.0. The minimum absolute atomic E-state index is 0.0812. The van der Waals surface area contributed by atoms with E-state index >= 15 is 0 Å². The third kappa shape index (κ3) is 3.36. The summed E-state index contributed by atoms with van der Waals surface area (Å²) in [6.45, 7) is 8.33. The molecule has 1 atom stereocenters. The molecule has 1 aromatic rings. The Hall–Kier alpha value is -0.450. The summed E-state index contributed by atoms with van der Waals surface area (Å²) in [4.78, 5) is 6.00. The van der Waals surface area contributed by atoms with Crippen molar-refractivity contribution < 1.29 is 4.74 Å². The molecule has 3 nitrogen and oxygen atoms in total. The Bertz CT molecular complexity index is 385. The Morgan fingerprint density at radius 3 is 2.79 bits per heavy atom. The van der Waals surface area contributed by atoms with Crippen LogP contribution in [0.2, 0.25) is 0 Å². The standard InChI is InChI=1S/C15H26N2OS/c1-4-10-16-12(3)13-11-17-14(19-13)15(18-5-2)8-6-7-9-15/h11-12,16H,4-10H2,1-3H3. The van der Waals surface area contributed by atoms with Gasteiger partial charge < -0.3 is 10.1 Å². The molecule has 1 unspecified atom stereocenters. The number of hydrogen-bond acceptors (Lipinski definition) is 4. The van der Waals surface area contributed by atoms with Crippen LogP contribution in [0.4, 0.5) is 0 Å². The van der Waals surface area contributed by atoms with Crippen LogP contribution >= 0.6 is 11.3 Å². The number of ether oxygens (including phenoxy) is 1. The van der Waals surface area contributed by atoms with Crippen molar-refractivity contribution in [3.05, 3.63) is 16.1 Å². The average molecular weight is 282 g/mol. The van der Waals surface area contributed by atoms with E-state index in [9.17, 15) is 0 Å². The maximum absolute atomic E-state index is 6.08. The van der Waals surface area contributed by atoms with Crippen molar-refractivity contribution in [2.75, 3.05) is 13.2 Å². The Morgan fingerprint density at radius 2 is 2.16 bits per heavy atom. The number of hydrogen-bond donors (Lipinski definition) is 1. The van der Waals surface area contributed by atoms with Gasteiger partial charge in [0.15, 0.2) is 0 Å². The highest BCUT2D eigenvalue weighted by molar-refractivity contribution is 7.11. The van der Waals surface area contributed by atoms with Crippen LogP contribution in [0, 0.1) is 0 Å². The molecule has 0 bridgehead atoms. The van der Waals surface area contributed by atoms with E-state index in [-0.39, 0.29) is 5.60 Å². The molecule has 0 radical (unpaired) electrons. The molecule has 0 amide bonds. The molecule has 108 valence electrons. The molecular weight excluding hydrogens is 256 g/mol. The van der Waals surface area contributed by atoms with E-state index in [2.05, 4.69) is 31.1 Å². The zero-order valence-corrected chi connectivity index (χ0v) is 13.2. The van der Waals surface area contributed by atoms with E-state index in [0.717, 1.165) is 26.0 Å². The van der Waals surface area contributed by atoms with Crippen LogP contribution in [-0.2, 0) is 10.3 Å². The van der Waals surface area contributed by atoms with Crippen molar-refractivity contribution in [3.63, 3.8) is 0 Å². The SMILES string of the molecule is CCCNC(C)c1cnc(C2(OCC)CCCC2)s1. The van der Waals surface area contributed by atoms with Gasteiger partial charge in [-0.3, -0.25) is 0 Å². The summed E-state index contributed by atoms with van der Waals surface area (Å²) in [5.74, 6) is 0. The molecule has 0 spiro atoms. The number of nitrogens with one attached hydrogen (secondary N) is 1. The fraction of sp³-hybridized carbons (Fsp3) is 0.800. The molecule has 1 N–H and O–H groups in total. The van der Waals surface area contributed by atoms with Gasteiger partial charge in [-0.15, -0.1) is 11.3 Å². The first-order valence-electron chi connectivity index (χ1n) is 7.55. The van der Waals surface area contributed by atoms with Crippen LogP contribution in [-0.4, -0.2) is 18.1 Å². The summed E-state index contributed by atoms with van der Waals surface area (Å²) in [5, 5.41) is 4.71. The highest BCUT2D eigenvalue weighted by Crippen LogP contribution is 2.44. The van der Waals surface area contributed by atoms with E-state index < -0.39 is 0 Å². The fourth-order valence-electron chi connectivity index (χ4n) is 2.80. The molecule has 2 rings (SSSR count). The van der Waals surface area contributed by atoms with Gasteiger partial charge >= 0.3 is 0 Å². The topological polar surface area (TPSA) is 34.2 Å². The molecule has 1 heterocycles. The summed E-state index contributed by atoms with van der Waals surface area (Å²) in [7, 11) is 0. The molecule has 0 saturated heterocycles. The third-order valence-electron chi connectivity index (χ3n) is 3.87. The third-order valence-corrected chi connectivity index (χ3v) is 5.24. The van der Waals surface area contributed by atoms with Gasteiger partial charge in [-0.05, 0) is 39.7 Å². The van der Waals surface area contributed by atoms with E-state index in [1.165, 1.54) is 29.1 Å².